The van der Waals surface area contributed by atoms with Crippen molar-refractivity contribution in [3.63, 3.8) is 0 Å². The SMILES string of the molecule is CC(=O)[C@@]1(O)CCC2C3CCC4CC(=O)CC[C@@H](C)C4C4C(CC21C)[C@@]34C. The number of hydrogen-bond acceptors (Lipinski definition) is 3. The Bertz CT molecular complexity index is 700. The summed E-state index contributed by atoms with van der Waals surface area (Å²) < 4.78 is 0. The van der Waals surface area contributed by atoms with E-state index < -0.39 is 5.60 Å². The van der Waals surface area contributed by atoms with Crippen molar-refractivity contribution < 1.29 is 14.7 Å². The summed E-state index contributed by atoms with van der Waals surface area (Å²) in [7, 11) is 0. The number of hydrogen-bond donors (Lipinski definition) is 1. The van der Waals surface area contributed by atoms with Crippen LogP contribution in [0.2, 0.25) is 0 Å². The van der Waals surface area contributed by atoms with Crippen LogP contribution >= 0.6 is 0 Å². The van der Waals surface area contributed by atoms with Gasteiger partial charge in [0.25, 0.3) is 0 Å². The van der Waals surface area contributed by atoms with Crippen LogP contribution in [0, 0.1) is 52.3 Å². The van der Waals surface area contributed by atoms with Crippen LogP contribution in [0.5, 0.6) is 0 Å². The van der Waals surface area contributed by atoms with Crippen LogP contribution in [-0.2, 0) is 9.59 Å². The molecule has 5 saturated carbocycles. The molecule has 0 saturated heterocycles. The van der Waals surface area contributed by atoms with Crippen molar-refractivity contribution in [2.45, 2.75) is 84.7 Å². The summed E-state index contributed by atoms with van der Waals surface area (Å²) >= 11 is 0. The van der Waals surface area contributed by atoms with E-state index in [1.54, 1.807) is 6.92 Å². The third kappa shape index (κ3) is 2.08. The lowest BCUT2D eigenvalue weighted by Crippen LogP contribution is -2.54. The predicted molar refractivity (Wildman–Crippen MR) is 104 cm³/mol. The van der Waals surface area contributed by atoms with Gasteiger partial charge in [0.15, 0.2) is 5.78 Å². The van der Waals surface area contributed by atoms with Gasteiger partial charge in [-0.1, -0.05) is 20.8 Å². The van der Waals surface area contributed by atoms with E-state index in [2.05, 4.69) is 20.8 Å². The maximum atomic E-state index is 12.5. The third-order valence-corrected chi connectivity index (χ3v) is 10.8. The number of carbonyl (C=O) groups is 2. The predicted octanol–water partition coefficient (Wildman–Crippen LogP) is 4.41. The third-order valence-electron chi connectivity index (χ3n) is 10.8. The maximum Gasteiger partial charge on any atom is 0.161 e. The highest BCUT2D eigenvalue weighted by Crippen LogP contribution is 2.81. The molecule has 0 heterocycles. The molecule has 27 heavy (non-hydrogen) atoms. The Morgan fingerprint density at radius 2 is 1.81 bits per heavy atom. The Morgan fingerprint density at radius 1 is 1.07 bits per heavy atom. The van der Waals surface area contributed by atoms with Crippen molar-refractivity contribution in [2.24, 2.45) is 52.3 Å². The van der Waals surface area contributed by atoms with Crippen molar-refractivity contribution >= 4 is 11.6 Å². The van der Waals surface area contributed by atoms with Crippen LogP contribution in [-0.4, -0.2) is 22.3 Å². The van der Waals surface area contributed by atoms with Gasteiger partial charge in [-0.2, -0.15) is 0 Å². The molecule has 0 aromatic rings. The zero-order valence-corrected chi connectivity index (χ0v) is 17.5. The number of Topliss-reactive ketones (excluding diaryl/α,β-unsaturated/α-hetero) is 2. The van der Waals surface area contributed by atoms with E-state index in [4.69, 9.17) is 0 Å². The van der Waals surface area contributed by atoms with Crippen LogP contribution in [0.1, 0.15) is 79.1 Å². The van der Waals surface area contributed by atoms with Crippen LogP contribution in [0.4, 0.5) is 0 Å². The number of rotatable bonds is 1. The van der Waals surface area contributed by atoms with Crippen LogP contribution in [0.3, 0.4) is 0 Å². The van der Waals surface area contributed by atoms with E-state index in [0.29, 0.717) is 59.0 Å². The van der Waals surface area contributed by atoms with Gasteiger partial charge < -0.3 is 5.11 Å². The molecular formula is C24H36O3. The van der Waals surface area contributed by atoms with Crippen molar-refractivity contribution in [3.05, 3.63) is 0 Å². The first-order valence-corrected chi connectivity index (χ1v) is 11.4. The first kappa shape index (κ1) is 18.3. The van der Waals surface area contributed by atoms with Crippen molar-refractivity contribution in [3.8, 4) is 0 Å². The molecule has 3 heteroatoms. The van der Waals surface area contributed by atoms with Gasteiger partial charge in [-0.3, -0.25) is 9.59 Å². The molecule has 7 unspecified atom stereocenters. The number of fused-ring (bicyclic) bond motifs is 5. The normalized spacial score (nSPS) is 59.1. The summed E-state index contributed by atoms with van der Waals surface area (Å²) in [6.07, 6.45) is 7.66. The highest BCUT2D eigenvalue weighted by molar-refractivity contribution is 5.86. The molecule has 0 aromatic carbocycles. The van der Waals surface area contributed by atoms with E-state index in [9.17, 15) is 14.7 Å². The lowest BCUT2D eigenvalue weighted by atomic mass is 9.55. The monoisotopic (exact) mass is 372 g/mol. The zero-order valence-electron chi connectivity index (χ0n) is 17.5. The van der Waals surface area contributed by atoms with Crippen LogP contribution in [0.25, 0.3) is 0 Å². The second-order valence-corrected chi connectivity index (χ2v) is 11.5. The molecule has 150 valence electrons. The largest absolute Gasteiger partial charge is 0.382 e. The van der Waals surface area contributed by atoms with Crippen LogP contribution in [0.15, 0.2) is 0 Å². The smallest absolute Gasteiger partial charge is 0.161 e. The Morgan fingerprint density at radius 3 is 2.52 bits per heavy atom. The molecule has 5 rings (SSSR count). The second-order valence-electron chi connectivity index (χ2n) is 11.5. The molecule has 5 aliphatic rings. The minimum absolute atomic E-state index is 0.0181. The van der Waals surface area contributed by atoms with Crippen LogP contribution < -0.4 is 0 Å². The van der Waals surface area contributed by atoms with Gasteiger partial charge in [-0.05, 0) is 92.3 Å². The molecule has 0 radical (unpaired) electrons. The Balaban J connectivity index is 1.55. The first-order chi connectivity index (χ1) is 12.6. The first-order valence-electron chi connectivity index (χ1n) is 11.4. The van der Waals surface area contributed by atoms with Gasteiger partial charge in [0, 0.05) is 18.3 Å². The van der Waals surface area contributed by atoms with Gasteiger partial charge >= 0.3 is 0 Å². The van der Waals surface area contributed by atoms with Crippen molar-refractivity contribution in [1.82, 2.24) is 0 Å². The molecule has 3 nitrogen and oxygen atoms in total. The van der Waals surface area contributed by atoms with Gasteiger partial charge in [0.1, 0.15) is 11.4 Å². The fourth-order valence-electron chi connectivity index (χ4n) is 9.35. The standard InChI is InChI=1S/C24H36O3/c1-13-5-7-16(26)11-15-6-8-18-17-9-10-24(27,14(2)25)22(17,3)12-19-21(20(13)15)23(18,19)4/h13,15,17-21,27H,5-12H2,1-4H3/t13-,15?,17?,18?,19?,20?,21?,22?,23-,24+/m1/s1. The summed E-state index contributed by atoms with van der Waals surface area (Å²) in [5.41, 5.74) is -0.986. The van der Waals surface area contributed by atoms with Gasteiger partial charge in [-0.15, -0.1) is 0 Å². The van der Waals surface area contributed by atoms with E-state index >= 15 is 0 Å². The lowest BCUT2D eigenvalue weighted by Gasteiger charge is -2.50. The van der Waals surface area contributed by atoms with E-state index in [0.717, 1.165) is 32.1 Å². The Labute approximate surface area is 163 Å². The summed E-state index contributed by atoms with van der Waals surface area (Å²) in [5, 5.41) is 11.4. The van der Waals surface area contributed by atoms with Gasteiger partial charge in [0.05, 0.1) is 0 Å². The number of ketones is 2. The fourth-order valence-corrected chi connectivity index (χ4v) is 9.35. The quantitative estimate of drug-likeness (QED) is 0.742. The molecule has 10 atom stereocenters. The summed E-state index contributed by atoms with van der Waals surface area (Å²) in [5.74, 6) is 4.77. The second kappa shape index (κ2) is 5.46. The highest BCUT2D eigenvalue weighted by Gasteiger charge is 2.78. The minimum atomic E-state index is -1.12. The summed E-state index contributed by atoms with van der Waals surface area (Å²) in [6, 6.07) is 0. The number of carbonyl (C=O) groups excluding carboxylic acids is 2. The molecule has 5 fully saturated rings. The molecule has 0 spiro atoms. The average Bonchev–Trinajstić information content (AvgIpc) is 3.15. The van der Waals surface area contributed by atoms with Crippen molar-refractivity contribution in [1.29, 1.82) is 0 Å². The molecule has 0 bridgehead atoms. The average molecular weight is 373 g/mol. The topological polar surface area (TPSA) is 54.4 Å². The molecule has 0 amide bonds. The summed E-state index contributed by atoms with van der Waals surface area (Å²) in [6.45, 7) is 8.74. The molecule has 0 aromatic heterocycles. The zero-order chi connectivity index (χ0) is 19.4. The summed E-state index contributed by atoms with van der Waals surface area (Å²) in [4.78, 5) is 24.8. The van der Waals surface area contributed by atoms with Gasteiger partial charge in [-0.25, -0.2) is 0 Å². The maximum absolute atomic E-state index is 12.5. The van der Waals surface area contributed by atoms with E-state index in [-0.39, 0.29) is 11.2 Å². The minimum Gasteiger partial charge on any atom is -0.382 e. The van der Waals surface area contributed by atoms with E-state index in [1.165, 1.54) is 12.8 Å². The fraction of sp³-hybridized carbons (Fsp3) is 0.917. The Kier molecular flexibility index (Phi) is 3.71. The Hall–Kier alpha value is -0.700. The number of aliphatic hydroxyl groups is 1. The molecule has 0 aliphatic heterocycles. The molecule has 5 aliphatic carbocycles. The molecular weight excluding hydrogens is 336 g/mol. The van der Waals surface area contributed by atoms with Crippen molar-refractivity contribution in [2.75, 3.05) is 0 Å². The highest BCUT2D eigenvalue weighted by atomic mass is 16.3. The molecule has 1 N–H and O–H groups in total. The van der Waals surface area contributed by atoms with E-state index in [1.807, 2.05) is 0 Å². The van der Waals surface area contributed by atoms with Gasteiger partial charge in [0.2, 0.25) is 0 Å². The lowest BCUT2D eigenvalue weighted by molar-refractivity contribution is -0.156.